The van der Waals surface area contributed by atoms with Crippen molar-refractivity contribution >= 4 is 12.0 Å². The highest BCUT2D eigenvalue weighted by Crippen LogP contribution is 2.08. The highest BCUT2D eigenvalue weighted by Gasteiger charge is 2.13. The smallest absolute Gasteiger partial charge is 0.244 e. The van der Waals surface area contributed by atoms with Crippen molar-refractivity contribution in [3.8, 4) is 0 Å². The number of aliphatic hydroxyl groups excluding tert-OH is 1. The van der Waals surface area contributed by atoms with E-state index in [-0.39, 0.29) is 24.5 Å². The Bertz CT molecular complexity index is 424. The molecule has 0 aliphatic rings. The maximum Gasteiger partial charge on any atom is 0.244 e. The molecule has 1 aromatic carbocycles. The van der Waals surface area contributed by atoms with Gasteiger partial charge in [-0.15, -0.1) is 0 Å². The zero-order valence-electron chi connectivity index (χ0n) is 11.2. The molecule has 3 nitrogen and oxygen atoms in total. The molecule has 1 atom stereocenters. The molecule has 0 saturated carbocycles. The van der Waals surface area contributed by atoms with Gasteiger partial charge < -0.3 is 10.4 Å². The van der Waals surface area contributed by atoms with Gasteiger partial charge in [-0.3, -0.25) is 4.79 Å². The number of nitrogens with one attached hydrogen (secondary N) is 1. The van der Waals surface area contributed by atoms with Crippen LogP contribution in [0.5, 0.6) is 0 Å². The van der Waals surface area contributed by atoms with E-state index in [0.29, 0.717) is 0 Å². The number of rotatable bonds is 5. The fourth-order valence-electron chi connectivity index (χ4n) is 1.59. The van der Waals surface area contributed by atoms with Crippen molar-refractivity contribution in [2.75, 3.05) is 6.61 Å². The predicted molar refractivity (Wildman–Crippen MR) is 74.1 cm³/mol. The molecule has 1 unspecified atom stereocenters. The van der Waals surface area contributed by atoms with Crippen LogP contribution in [0.3, 0.4) is 0 Å². The van der Waals surface area contributed by atoms with E-state index in [2.05, 4.69) is 5.32 Å². The molecular weight excluding hydrogens is 226 g/mol. The van der Waals surface area contributed by atoms with Crippen molar-refractivity contribution in [3.63, 3.8) is 0 Å². The van der Waals surface area contributed by atoms with E-state index >= 15 is 0 Å². The normalized spacial score (nSPS) is 12.9. The molecule has 98 valence electrons. The van der Waals surface area contributed by atoms with E-state index in [1.807, 2.05) is 45.0 Å². The monoisotopic (exact) mass is 247 g/mol. The summed E-state index contributed by atoms with van der Waals surface area (Å²) in [5.41, 5.74) is 2.15. The second-order valence-electron chi connectivity index (χ2n) is 4.73. The summed E-state index contributed by atoms with van der Waals surface area (Å²) < 4.78 is 0. The maximum absolute atomic E-state index is 11.7. The molecule has 0 saturated heterocycles. The number of carbonyl (C=O) groups excluding carboxylic acids is 1. The largest absolute Gasteiger partial charge is 0.394 e. The zero-order chi connectivity index (χ0) is 13.5. The van der Waals surface area contributed by atoms with Gasteiger partial charge in [0.05, 0.1) is 12.6 Å². The van der Waals surface area contributed by atoms with E-state index < -0.39 is 0 Å². The van der Waals surface area contributed by atoms with Gasteiger partial charge in [-0.05, 0) is 30.0 Å². The van der Waals surface area contributed by atoms with Gasteiger partial charge in [0.15, 0.2) is 0 Å². The summed E-state index contributed by atoms with van der Waals surface area (Å²) in [5, 5.41) is 11.9. The number of carbonyl (C=O) groups is 1. The van der Waals surface area contributed by atoms with Crippen LogP contribution in [-0.2, 0) is 4.79 Å². The van der Waals surface area contributed by atoms with E-state index in [4.69, 9.17) is 5.11 Å². The lowest BCUT2D eigenvalue weighted by Crippen LogP contribution is -2.40. The molecule has 1 aromatic rings. The number of aliphatic hydroxyl groups is 1. The minimum Gasteiger partial charge on any atom is -0.394 e. The van der Waals surface area contributed by atoms with Crippen LogP contribution >= 0.6 is 0 Å². The highest BCUT2D eigenvalue weighted by molar-refractivity contribution is 5.92. The average Bonchev–Trinajstić information content (AvgIpc) is 2.34. The van der Waals surface area contributed by atoms with Crippen molar-refractivity contribution in [3.05, 3.63) is 41.5 Å². The third-order valence-electron chi connectivity index (χ3n) is 2.93. The summed E-state index contributed by atoms with van der Waals surface area (Å²) in [6.45, 7) is 5.89. The van der Waals surface area contributed by atoms with Crippen LogP contribution in [0.15, 0.2) is 30.3 Å². The molecule has 1 amide bonds. The van der Waals surface area contributed by atoms with Crippen molar-refractivity contribution in [2.45, 2.75) is 26.8 Å². The van der Waals surface area contributed by atoms with Gasteiger partial charge >= 0.3 is 0 Å². The first kappa shape index (κ1) is 14.5. The first-order chi connectivity index (χ1) is 8.54. The van der Waals surface area contributed by atoms with Crippen molar-refractivity contribution in [1.29, 1.82) is 0 Å². The van der Waals surface area contributed by atoms with Crippen LogP contribution in [0.4, 0.5) is 0 Å². The van der Waals surface area contributed by atoms with Gasteiger partial charge in [0, 0.05) is 6.08 Å². The van der Waals surface area contributed by atoms with Crippen LogP contribution in [0, 0.1) is 12.8 Å². The molecular formula is C15H21NO2. The minimum absolute atomic E-state index is 0.0401. The summed E-state index contributed by atoms with van der Waals surface area (Å²) in [6, 6.07) is 7.68. The number of aryl methyl sites for hydroxylation is 1. The summed E-state index contributed by atoms with van der Waals surface area (Å²) in [6.07, 6.45) is 3.30. The fraction of sp³-hybridized carbons (Fsp3) is 0.400. The summed E-state index contributed by atoms with van der Waals surface area (Å²) in [7, 11) is 0. The number of benzene rings is 1. The maximum atomic E-state index is 11.7. The van der Waals surface area contributed by atoms with Gasteiger partial charge in [-0.1, -0.05) is 38.1 Å². The number of hydrogen-bond donors (Lipinski definition) is 2. The Balaban J connectivity index is 2.62. The predicted octanol–water partition coefficient (Wildman–Crippen LogP) is 2.14. The molecule has 1 rings (SSSR count). The Morgan fingerprint density at radius 3 is 2.61 bits per heavy atom. The fourth-order valence-corrected chi connectivity index (χ4v) is 1.59. The lowest BCUT2D eigenvalue weighted by molar-refractivity contribution is -0.117. The van der Waals surface area contributed by atoms with E-state index in [0.717, 1.165) is 11.1 Å². The van der Waals surface area contributed by atoms with Crippen LogP contribution < -0.4 is 5.32 Å². The molecule has 0 fully saturated rings. The highest BCUT2D eigenvalue weighted by atomic mass is 16.3. The molecule has 0 aliphatic heterocycles. The molecule has 3 heteroatoms. The molecule has 0 radical (unpaired) electrons. The lowest BCUT2D eigenvalue weighted by atomic mass is 10.1. The molecule has 0 aromatic heterocycles. The standard InChI is InChI=1S/C15H21NO2/c1-11(2)14(10-17)16-15(18)9-8-13-7-5-4-6-12(13)3/h4-9,11,14,17H,10H2,1-3H3,(H,16,18). The molecule has 0 spiro atoms. The Morgan fingerprint density at radius 1 is 1.39 bits per heavy atom. The Hall–Kier alpha value is -1.61. The molecule has 0 aliphatic carbocycles. The number of amides is 1. The SMILES string of the molecule is Cc1ccccc1C=CC(=O)NC(CO)C(C)C. The molecule has 18 heavy (non-hydrogen) atoms. The average molecular weight is 247 g/mol. The van der Waals surface area contributed by atoms with Gasteiger partial charge in [0.25, 0.3) is 0 Å². The second-order valence-corrected chi connectivity index (χ2v) is 4.73. The van der Waals surface area contributed by atoms with Gasteiger partial charge in [-0.2, -0.15) is 0 Å². The minimum atomic E-state index is -0.195. The molecule has 0 heterocycles. The van der Waals surface area contributed by atoms with Gasteiger partial charge in [0.1, 0.15) is 0 Å². The van der Waals surface area contributed by atoms with Crippen LogP contribution in [0.25, 0.3) is 6.08 Å². The van der Waals surface area contributed by atoms with E-state index in [1.165, 1.54) is 6.08 Å². The summed E-state index contributed by atoms with van der Waals surface area (Å²) >= 11 is 0. The Kier molecular flexibility index (Phi) is 5.59. The van der Waals surface area contributed by atoms with Crippen LogP contribution in [0.1, 0.15) is 25.0 Å². The molecule has 2 N–H and O–H groups in total. The van der Waals surface area contributed by atoms with Gasteiger partial charge in [-0.25, -0.2) is 0 Å². The topological polar surface area (TPSA) is 49.3 Å². The van der Waals surface area contributed by atoms with Crippen molar-refractivity contribution in [2.24, 2.45) is 5.92 Å². The first-order valence-corrected chi connectivity index (χ1v) is 6.19. The summed E-state index contributed by atoms with van der Waals surface area (Å²) in [4.78, 5) is 11.7. The molecule has 0 bridgehead atoms. The van der Waals surface area contributed by atoms with Crippen LogP contribution in [0.2, 0.25) is 0 Å². The quantitative estimate of drug-likeness (QED) is 0.783. The van der Waals surface area contributed by atoms with E-state index in [9.17, 15) is 4.79 Å². The third kappa shape index (κ3) is 4.34. The first-order valence-electron chi connectivity index (χ1n) is 6.19. The van der Waals surface area contributed by atoms with Crippen LogP contribution in [-0.4, -0.2) is 23.7 Å². The van der Waals surface area contributed by atoms with Crippen molar-refractivity contribution < 1.29 is 9.90 Å². The zero-order valence-corrected chi connectivity index (χ0v) is 11.2. The third-order valence-corrected chi connectivity index (χ3v) is 2.93. The lowest BCUT2D eigenvalue weighted by Gasteiger charge is -2.18. The Morgan fingerprint density at radius 2 is 2.06 bits per heavy atom. The summed E-state index contributed by atoms with van der Waals surface area (Å²) in [5.74, 6) is 0.0387. The van der Waals surface area contributed by atoms with Gasteiger partial charge in [0.2, 0.25) is 5.91 Å². The Labute approximate surface area is 109 Å². The second kappa shape index (κ2) is 6.97. The van der Waals surface area contributed by atoms with Crippen molar-refractivity contribution in [1.82, 2.24) is 5.32 Å². The van der Waals surface area contributed by atoms with E-state index in [1.54, 1.807) is 6.08 Å². The number of hydrogen-bond acceptors (Lipinski definition) is 2.